The Labute approximate surface area is 159 Å². The molecule has 5 nitrogen and oxygen atoms in total. The van der Waals surface area contributed by atoms with Gasteiger partial charge in [0.05, 0.1) is 4.90 Å². The molecule has 0 saturated heterocycles. The number of halogens is 1. The molecule has 0 atom stereocenters. The number of sulfonamides is 1. The number of rotatable bonds is 6. The molecule has 2 aromatic rings. The third-order valence-electron chi connectivity index (χ3n) is 3.45. The van der Waals surface area contributed by atoms with E-state index in [1.165, 1.54) is 24.3 Å². The van der Waals surface area contributed by atoms with E-state index in [9.17, 15) is 17.6 Å². The molecular weight excluding hydrogens is 367 g/mol. The van der Waals surface area contributed by atoms with Crippen molar-refractivity contribution in [1.29, 1.82) is 0 Å². The summed E-state index contributed by atoms with van der Waals surface area (Å²) in [4.78, 5) is 12.1. The zero-order chi connectivity index (χ0) is 20.1. The van der Waals surface area contributed by atoms with Gasteiger partial charge in [-0.25, -0.2) is 17.5 Å². The third kappa shape index (κ3) is 6.62. The summed E-state index contributed by atoms with van der Waals surface area (Å²) in [5.41, 5.74) is 0.550. The highest BCUT2D eigenvalue weighted by atomic mass is 32.2. The predicted molar refractivity (Wildman–Crippen MR) is 104 cm³/mol. The monoisotopic (exact) mass is 390 g/mol. The van der Waals surface area contributed by atoms with E-state index in [1.54, 1.807) is 57.2 Å². The number of carbonyl (C=O) groups excluding carboxylic acids is 1. The average Bonchev–Trinajstić information content (AvgIpc) is 2.57. The summed E-state index contributed by atoms with van der Waals surface area (Å²) in [6, 6.07) is 12.2. The van der Waals surface area contributed by atoms with Crippen LogP contribution >= 0.6 is 0 Å². The highest BCUT2D eigenvalue weighted by molar-refractivity contribution is 7.89. The normalized spacial score (nSPS) is 12.3. The van der Waals surface area contributed by atoms with E-state index in [2.05, 4.69) is 10.0 Å². The largest absolute Gasteiger partial charge is 0.348 e. The average molecular weight is 390 g/mol. The van der Waals surface area contributed by atoms with Gasteiger partial charge in [0.1, 0.15) is 5.82 Å². The lowest BCUT2D eigenvalue weighted by atomic mass is 10.1. The molecule has 0 aliphatic rings. The summed E-state index contributed by atoms with van der Waals surface area (Å²) >= 11 is 0. The van der Waals surface area contributed by atoms with Crippen molar-refractivity contribution in [3.63, 3.8) is 0 Å². The smallest absolute Gasteiger partial charge is 0.244 e. The molecule has 0 fully saturated rings. The van der Waals surface area contributed by atoms with Crippen LogP contribution in [0.25, 0.3) is 6.08 Å². The summed E-state index contributed by atoms with van der Waals surface area (Å²) in [7, 11) is -3.71. The van der Waals surface area contributed by atoms with Gasteiger partial charge in [0.15, 0.2) is 0 Å². The molecule has 0 saturated carbocycles. The van der Waals surface area contributed by atoms with Crippen LogP contribution in [0.5, 0.6) is 0 Å². The lowest BCUT2D eigenvalue weighted by Crippen LogP contribution is -2.41. The molecule has 0 unspecified atom stereocenters. The van der Waals surface area contributed by atoms with Crippen LogP contribution in [-0.2, 0) is 21.4 Å². The fourth-order valence-electron chi connectivity index (χ4n) is 2.36. The van der Waals surface area contributed by atoms with Gasteiger partial charge in [-0.15, -0.1) is 0 Å². The molecule has 2 aromatic carbocycles. The zero-order valence-corrected chi connectivity index (χ0v) is 16.3. The summed E-state index contributed by atoms with van der Waals surface area (Å²) in [5.74, 6) is -0.728. The van der Waals surface area contributed by atoms with Gasteiger partial charge in [-0.2, -0.15) is 0 Å². The van der Waals surface area contributed by atoms with E-state index in [4.69, 9.17) is 0 Å². The molecule has 27 heavy (non-hydrogen) atoms. The van der Waals surface area contributed by atoms with Gasteiger partial charge in [0.25, 0.3) is 0 Å². The Balaban J connectivity index is 2.08. The van der Waals surface area contributed by atoms with E-state index in [1.807, 2.05) is 0 Å². The maximum atomic E-state index is 12.9. The van der Waals surface area contributed by atoms with Crippen LogP contribution in [0.15, 0.2) is 59.5 Å². The summed E-state index contributed by atoms with van der Waals surface area (Å²) in [6.45, 7) is 5.34. The van der Waals surface area contributed by atoms with Crippen LogP contribution in [0, 0.1) is 5.82 Å². The van der Waals surface area contributed by atoms with Crippen molar-refractivity contribution in [2.45, 2.75) is 37.8 Å². The number of carbonyl (C=O) groups is 1. The molecule has 0 bridgehead atoms. The Morgan fingerprint density at radius 1 is 1.07 bits per heavy atom. The number of benzene rings is 2. The highest BCUT2D eigenvalue weighted by Crippen LogP contribution is 2.17. The van der Waals surface area contributed by atoms with E-state index < -0.39 is 15.6 Å². The molecule has 1 amide bonds. The summed E-state index contributed by atoms with van der Waals surface area (Å²) in [6.07, 6.45) is 2.87. The maximum absolute atomic E-state index is 12.9. The first-order chi connectivity index (χ1) is 12.6. The van der Waals surface area contributed by atoms with Crippen molar-refractivity contribution in [2.24, 2.45) is 0 Å². The molecule has 144 valence electrons. The minimum absolute atomic E-state index is 0.0633. The Hall–Kier alpha value is -2.51. The van der Waals surface area contributed by atoms with Crippen molar-refractivity contribution in [1.82, 2.24) is 10.0 Å². The standard InChI is InChI=1S/C20H23FN2O3S/c1-20(2,3)23-27(25,26)18-7-5-4-6-16(18)14-22-19(24)13-10-15-8-11-17(21)12-9-15/h4-13,23H,14H2,1-3H3,(H,22,24). The van der Waals surface area contributed by atoms with Crippen molar-refractivity contribution in [3.8, 4) is 0 Å². The second-order valence-corrected chi connectivity index (χ2v) is 8.72. The Morgan fingerprint density at radius 3 is 2.33 bits per heavy atom. The fraction of sp³-hybridized carbons (Fsp3) is 0.250. The molecular formula is C20H23FN2O3S. The second kappa shape index (κ2) is 8.45. The van der Waals surface area contributed by atoms with Crippen LogP contribution in [-0.4, -0.2) is 19.9 Å². The van der Waals surface area contributed by atoms with E-state index >= 15 is 0 Å². The SMILES string of the molecule is CC(C)(C)NS(=O)(=O)c1ccccc1CNC(=O)C=Cc1ccc(F)cc1. The molecule has 0 heterocycles. The van der Waals surface area contributed by atoms with E-state index in [0.29, 0.717) is 11.1 Å². The lowest BCUT2D eigenvalue weighted by Gasteiger charge is -2.21. The Kier molecular flexibility index (Phi) is 6.51. The van der Waals surface area contributed by atoms with Crippen LogP contribution < -0.4 is 10.0 Å². The lowest BCUT2D eigenvalue weighted by molar-refractivity contribution is -0.116. The predicted octanol–water partition coefficient (Wildman–Crippen LogP) is 3.23. The van der Waals surface area contributed by atoms with E-state index in [-0.39, 0.29) is 23.2 Å². The Morgan fingerprint density at radius 2 is 1.70 bits per heavy atom. The zero-order valence-electron chi connectivity index (χ0n) is 15.5. The molecule has 2 N–H and O–H groups in total. The summed E-state index contributed by atoms with van der Waals surface area (Å²) < 4.78 is 40.6. The van der Waals surface area contributed by atoms with E-state index in [0.717, 1.165) is 0 Å². The summed E-state index contributed by atoms with van der Waals surface area (Å²) in [5, 5.41) is 2.66. The topological polar surface area (TPSA) is 75.3 Å². The van der Waals surface area contributed by atoms with Gasteiger partial charge in [0.2, 0.25) is 15.9 Å². The first-order valence-corrected chi connectivity index (χ1v) is 9.88. The van der Waals surface area contributed by atoms with Crippen molar-refractivity contribution in [3.05, 3.63) is 71.6 Å². The number of hydrogen-bond acceptors (Lipinski definition) is 3. The quantitative estimate of drug-likeness (QED) is 0.744. The molecule has 2 rings (SSSR count). The van der Waals surface area contributed by atoms with Gasteiger partial charge >= 0.3 is 0 Å². The van der Waals surface area contributed by atoms with Crippen LogP contribution in [0.2, 0.25) is 0 Å². The Bertz CT molecular complexity index is 930. The van der Waals surface area contributed by atoms with Gasteiger partial charge in [0, 0.05) is 18.2 Å². The van der Waals surface area contributed by atoms with Crippen LogP contribution in [0.4, 0.5) is 4.39 Å². The van der Waals surface area contributed by atoms with Gasteiger partial charge in [-0.1, -0.05) is 30.3 Å². The minimum atomic E-state index is -3.71. The van der Waals surface area contributed by atoms with Crippen LogP contribution in [0.1, 0.15) is 31.9 Å². The highest BCUT2D eigenvalue weighted by Gasteiger charge is 2.24. The van der Waals surface area contributed by atoms with Crippen molar-refractivity contribution >= 4 is 22.0 Å². The van der Waals surface area contributed by atoms with Crippen molar-refractivity contribution in [2.75, 3.05) is 0 Å². The van der Waals surface area contributed by atoms with Gasteiger partial charge < -0.3 is 5.32 Å². The van der Waals surface area contributed by atoms with Gasteiger partial charge in [-0.3, -0.25) is 4.79 Å². The molecule has 0 spiro atoms. The first kappa shape index (κ1) is 20.8. The molecule has 0 aromatic heterocycles. The molecule has 7 heteroatoms. The number of nitrogens with one attached hydrogen (secondary N) is 2. The third-order valence-corrected chi connectivity index (χ3v) is 5.31. The molecule has 0 radical (unpaired) electrons. The second-order valence-electron chi connectivity index (χ2n) is 7.07. The minimum Gasteiger partial charge on any atom is -0.348 e. The van der Waals surface area contributed by atoms with Crippen LogP contribution in [0.3, 0.4) is 0 Å². The molecule has 0 aliphatic heterocycles. The molecule has 0 aliphatic carbocycles. The first-order valence-electron chi connectivity index (χ1n) is 8.40. The van der Waals surface area contributed by atoms with Gasteiger partial charge in [-0.05, 0) is 56.2 Å². The fourth-order valence-corrected chi connectivity index (χ4v) is 4.02. The number of hydrogen-bond donors (Lipinski definition) is 2. The van der Waals surface area contributed by atoms with Crippen molar-refractivity contribution < 1.29 is 17.6 Å². The number of amides is 1. The maximum Gasteiger partial charge on any atom is 0.244 e.